The number of nitrogens with zero attached hydrogens (tertiary/aromatic N) is 1. The minimum Gasteiger partial charge on any atom is -0.469 e. The van der Waals surface area contributed by atoms with Crippen LogP contribution in [-0.4, -0.2) is 50.2 Å². The third kappa shape index (κ3) is 4.00. The van der Waals surface area contributed by atoms with Gasteiger partial charge in [-0.15, -0.1) is 0 Å². The van der Waals surface area contributed by atoms with Crippen molar-refractivity contribution in [1.82, 2.24) is 4.90 Å². The van der Waals surface area contributed by atoms with Crippen LogP contribution in [0.25, 0.3) is 0 Å². The predicted octanol–water partition coefficient (Wildman–Crippen LogP) is 0.681. The third-order valence-electron chi connectivity index (χ3n) is 3.03. The van der Waals surface area contributed by atoms with Crippen LogP contribution in [0.5, 0.6) is 0 Å². The van der Waals surface area contributed by atoms with E-state index in [1.807, 2.05) is 6.92 Å². The number of methoxy groups -OCH3 is 1. The number of esters is 2. The molecule has 0 aliphatic carbocycles. The highest BCUT2D eigenvalue weighted by Gasteiger charge is 2.30. The summed E-state index contributed by atoms with van der Waals surface area (Å²) in [6.07, 6.45) is 0.808. The van der Waals surface area contributed by atoms with E-state index in [0.29, 0.717) is 19.7 Å². The van der Waals surface area contributed by atoms with E-state index < -0.39 is 0 Å². The first kappa shape index (κ1) is 14.0. The Morgan fingerprint density at radius 2 is 2.18 bits per heavy atom. The van der Waals surface area contributed by atoms with Gasteiger partial charge in [0.05, 0.1) is 25.6 Å². The van der Waals surface area contributed by atoms with Crippen LogP contribution in [0.2, 0.25) is 0 Å². The largest absolute Gasteiger partial charge is 0.469 e. The van der Waals surface area contributed by atoms with Gasteiger partial charge in [0.1, 0.15) is 0 Å². The first-order chi connectivity index (χ1) is 8.08. The number of carbonyl (C=O) groups is 2. The molecule has 0 spiro atoms. The van der Waals surface area contributed by atoms with Gasteiger partial charge >= 0.3 is 11.9 Å². The molecular weight excluding hydrogens is 222 g/mol. The lowest BCUT2D eigenvalue weighted by Gasteiger charge is -2.19. The highest BCUT2D eigenvalue weighted by Crippen LogP contribution is 2.18. The zero-order valence-corrected chi connectivity index (χ0v) is 10.8. The van der Waals surface area contributed by atoms with Crippen LogP contribution in [0.3, 0.4) is 0 Å². The minimum absolute atomic E-state index is 0.0469. The molecule has 5 heteroatoms. The fourth-order valence-electron chi connectivity index (χ4n) is 2.10. The van der Waals surface area contributed by atoms with E-state index in [9.17, 15) is 9.59 Å². The molecule has 1 aliphatic heterocycles. The lowest BCUT2D eigenvalue weighted by molar-refractivity contribution is -0.147. The summed E-state index contributed by atoms with van der Waals surface area (Å²) in [4.78, 5) is 24.9. The zero-order valence-electron chi connectivity index (χ0n) is 10.8. The lowest BCUT2D eigenvalue weighted by Crippen LogP contribution is -2.32. The smallest absolute Gasteiger partial charge is 0.310 e. The molecule has 0 bridgehead atoms. The van der Waals surface area contributed by atoms with Crippen LogP contribution >= 0.6 is 0 Å². The Labute approximate surface area is 102 Å². The molecule has 17 heavy (non-hydrogen) atoms. The average molecular weight is 243 g/mol. The Morgan fingerprint density at radius 1 is 1.47 bits per heavy atom. The Hall–Kier alpha value is -1.10. The van der Waals surface area contributed by atoms with Gasteiger partial charge in [0.25, 0.3) is 0 Å². The number of hydrogen-bond donors (Lipinski definition) is 0. The maximum Gasteiger partial charge on any atom is 0.310 e. The monoisotopic (exact) mass is 243 g/mol. The predicted molar refractivity (Wildman–Crippen MR) is 62.4 cm³/mol. The second kappa shape index (κ2) is 6.59. The maximum atomic E-state index is 11.5. The molecule has 2 unspecified atom stereocenters. The Balaban J connectivity index is 2.34. The number of carbonyl (C=O) groups excluding carboxylic acids is 2. The van der Waals surface area contributed by atoms with Gasteiger partial charge < -0.3 is 14.4 Å². The van der Waals surface area contributed by atoms with Gasteiger partial charge in [0, 0.05) is 13.1 Å². The molecule has 1 fully saturated rings. The summed E-state index contributed by atoms with van der Waals surface area (Å²) in [5.74, 6) is -0.522. The van der Waals surface area contributed by atoms with Crippen molar-refractivity contribution in [3.63, 3.8) is 0 Å². The summed E-state index contributed by atoms with van der Waals surface area (Å²) >= 11 is 0. The van der Waals surface area contributed by atoms with E-state index >= 15 is 0 Å². The van der Waals surface area contributed by atoms with Crippen molar-refractivity contribution in [2.75, 3.05) is 33.4 Å². The number of likely N-dealkylation sites (tertiary alicyclic amines) is 1. The molecule has 5 nitrogen and oxygen atoms in total. The summed E-state index contributed by atoms with van der Waals surface area (Å²) in [7, 11) is 1.41. The number of ether oxygens (including phenoxy) is 2. The SMILES string of the molecule is CCOC(=O)C(C)CN1CCC(C(=O)OC)C1. The van der Waals surface area contributed by atoms with Crippen LogP contribution in [0.4, 0.5) is 0 Å². The number of hydrogen-bond acceptors (Lipinski definition) is 5. The van der Waals surface area contributed by atoms with Crippen LogP contribution in [0.1, 0.15) is 20.3 Å². The van der Waals surface area contributed by atoms with Gasteiger partial charge in [-0.2, -0.15) is 0 Å². The molecule has 0 radical (unpaired) electrons. The van der Waals surface area contributed by atoms with Gasteiger partial charge in [-0.05, 0) is 19.9 Å². The van der Waals surface area contributed by atoms with E-state index in [2.05, 4.69) is 4.90 Å². The normalized spacial score (nSPS) is 22.2. The van der Waals surface area contributed by atoms with Crippen molar-refractivity contribution < 1.29 is 19.1 Å². The average Bonchev–Trinajstić information content (AvgIpc) is 2.76. The van der Waals surface area contributed by atoms with Gasteiger partial charge in [-0.25, -0.2) is 0 Å². The van der Waals surface area contributed by atoms with Crippen molar-refractivity contribution in [2.45, 2.75) is 20.3 Å². The molecule has 1 saturated heterocycles. The topological polar surface area (TPSA) is 55.8 Å². The van der Waals surface area contributed by atoms with Crippen molar-refractivity contribution >= 4 is 11.9 Å². The Bertz CT molecular complexity index is 280. The van der Waals surface area contributed by atoms with E-state index in [-0.39, 0.29) is 23.8 Å². The Kier molecular flexibility index (Phi) is 5.41. The standard InChI is InChI=1S/C12H21NO4/c1-4-17-11(14)9(2)7-13-6-5-10(8-13)12(15)16-3/h9-10H,4-8H2,1-3H3. The molecule has 1 rings (SSSR count). The van der Waals surface area contributed by atoms with E-state index in [1.165, 1.54) is 7.11 Å². The molecular formula is C12H21NO4. The molecule has 1 aliphatic rings. The third-order valence-corrected chi connectivity index (χ3v) is 3.03. The van der Waals surface area contributed by atoms with E-state index in [1.54, 1.807) is 6.92 Å². The zero-order chi connectivity index (χ0) is 12.8. The highest BCUT2D eigenvalue weighted by molar-refractivity contribution is 5.73. The van der Waals surface area contributed by atoms with Crippen LogP contribution in [0.15, 0.2) is 0 Å². The van der Waals surface area contributed by atoms with Crippen molar-refractivity contribution in [3.05, 3.63) is 0 Å². The fraction of sp³-hybridized carbons (Fsp3) is 0.833. The van der Waals surface area contributed by atoms with Crippen LogP contribution in [-0.2, 0) is 19.1 Å². The van der Waals surface area contributed by atoms with Crippen molar-refractivity contribution in [3.8, 4) is 0 Å². The molecule has 0 amide bonds. The van der Waals surface area contributed by atoms with Crippen molar-refractivity contribution in [1.29, 1.82) is 0 Å². The first-order valence-corrected chi connectivity index (χ1v) is 6.05. The molecule has 2 atom stereocenters. The first-order valence-electron chi connectivity index (χ1n) is 6.05. The summed E-state index contributed by atoms with van der Waals surface area (Å²) in [5, 5.41) is 0. The van der Waals surface area contributed by atoms with Gasteiger partial charge in [-0.1, -0.05) is 6.92 Å². The van der Waals surface area contributed by atoms with Crippen molar-refractivity contribution in [2.24, 2.45) is 11.8 Å². The van der Waals surface area contributed by atoms with E-state index in [0.717, 1.165) is 13.0 Å². The number of rotatable bonds is 5. The van der Waals surface area contributed by atoms with Gasteiger partial charge in [0.15, 0.2) is 0 Å². The van der Waals surface area contributed by atoms with Crippen LogP contribution in [0, 0.1) is 11.8 Å². The van der Waals surface area contributed by atoms with Gasteiger partial charge in [-0.3, -0.25) is 9.59 Å². The molecule has 0 N–H and O–H groups in total. The minimum atomic E-state index is -0.172. The molecule has 98 valence electrons. The fourth-order valence-corrected chi connectivity index (χ4v) is 2.10. The summed E-state index contributed by atoms with van der Waals surface area (Å²) in [5.41, 5.74) is 0. The molecule has 0 aromatic rings. The quantitative estimate of drug-likeness (QED) is 0.665. The maximum absolute atomic E-state index is 11.5. The highest BCUT2D eigenvalue weighted by atomic mass is 16.5. The van der Waals surface area contributed by atoms with E-state index in [4.69, 9.17) is 9.47 Å². The second-order valence-corrected chi connectivity index (χ2v) is 4.42. The molecule has 0 saturated carbocycles. The Morgan fingerprint density at radius 3 is 2.76 bits per heavy atom. The second-order valence-electron chi connectivity index (χ2n) is 4.42. The molecule has 0 aromatic carbocycles. The summed E-state index contributed by atoms with van der Waals surface area (Å²) in [6.45, 7) is 6.22. The summed E-state index contributed by atoms with van der Waals surface area (Å²) < 4.78 is 9.67. The molecule has 0 aromatic heterocycles. The molecule has 1 heterocycles. The van der Waals surface area contributed by atoms with Crippen LogP contribution < -0.4 is 0 Å². The van der Waals surface area contributed by atoms with Gasteiger partial charge in [0.2, 0.25) is 0 Å². The summed E-state index contributed by atoms with van der Waals surface area (Å²) in [6, 6.07) is 0. The lowest BCUT2D eigenvalue weighted by atomic mass is 10.1.